The van der Waals surface area contributed by atoms with Gasteiger partial charge in [0.05, 0.1) is 46.2 Å². The van der Waals surface area contributed by atoms with Gasteiger partial charge in [0.15, 0.2) is 0 Å². The fraction of sp³-hybridized carbons (Fsp3) is 0.667. The summed E-state index contributed by atoms with van der Waals surface area (Å²) in [6.07, 6.45) is 1.87. The van der Waals surface area contributed by atoms with Crippen molar-refractivity contribution in [3.05, 3.63) is 35.9 Å². The molecule has 132 valence electrons. The van der Waals surface area contributed by atoms with Gasteiger partial charge in [-0.2, -0.15) is 0 Å². The molecule has 0 radical (unpaired) electrons. The monoisotopic (exact) mass is 325 g/mol. The number of benzene rings is 1. The van der Waals surface area contributed by atoms with Gasteiger partial charge < -0.3 is 24.7 Å². The maximum atomic E-state index is 6.04. The zero-order valence-corrected chi connectivity index (χ0v) is 14.2. The Morgan fingerprint density at radius 3 is 1.87 bits per heavy atom. The summed E-state index contributed by atoms with van der Waals surface area (Å²) in [6.45, 7) is 6.98. The van der Waals surface area contributed by atoms with E-state index in [1.54, 1.807) is 0 Å². The molecule has 0 saturated carbocycles. The van der Waals surface area contributed by atoms with E-state index in [2.05, 4.69) is 19.1 Å². The molecular formula is C18H31NO4. The fourth-order valence-electron chi connectivity index (χ4n) is 2.01. The molecule has 0 amide bonds. The van der Waals surface area contributed by atoms with Gasteiger partial charge in [-0.15, -0.1) is 0 Å². The van der Waals surface area contributed by atoms with Crippen molar-refractivity contribution in [1.82, 2.24) is 0 Å². The molecule has 1 atom stereocenters. The van der Waals surface area contributed by atoms with Crippen LogP contribution in [0.3, 0.4) is 0 Å². The molecule has 0 spiro atoms. The molecule has 0 saturated heterocycles. The van der Waals surface area contributed by atoms with Crippen LogP contribution >= 0.6 is 0 Å². The van der Waals surface area contributed by atoms with Crippen molar-refractivity contribution in [3.8, 4) is 0 Å². The summed E-state index contributed by atoms with van der Waals surface area (Å²) in [5, 5.41) is 0. The lowest BCUT2D eigenvalue weighted by atomic mass is 10.1. The third kappa shape index (κ3) is 12.1. The van der Waals surface area contributed by atoms with Gasteiger partial charge in [0.25, 0.3) is 0 Å². The lowest BCUT2D eigenvalue weighted by Gasteiger charge is -2.12. The Labute approximate surface area is 140 Å². The van der Waals surface area contributed by atoms with Gasteiger partial charge in [0.1, 0.15) is 0 Å². The van der Waals surface area contributed by atoms with Crippen LogP contribution < -0.4 is 5.73 Å². The summed E-state index contributed by atoms with van der Waals surface area (Å²) >= 11 is 0. The van der Waals surface area contributed by atoms with Gasteiger partial charge in [-0.1, -0.05) is 37.3 Å². The first-order valence-electron chi connectivity index (χ1n) is 8.43. The van der Waals surface area contributed by atoms with Gasteiger partial charge in [0.2, 0.25) is 0 Å². The Morgan fingerprint density at radius 2 is 1.30 bits per heavy atom. The van der Waals surface area contributed by atoms with E-state index in [0.717, 1.165) is 19.4 Å². The highest BCUT2D eigenvalue weighted by Gasteiger charge is 2.03. The highest BCUT2D eigenvalue weighted by molar-refractivity contribution is 5.15. The minimum Gasteiger partial charge on any atom is -0.379 e. The first-order chi connectivity index (χ1) is 11.3. The third-order valence-corrected chi connectivity index (χ3v) is 3.14. The lowest BCUT2D eigenvalue weighted by molar-refractivity contribution is -0.00302. The van der Waals surface area contributed by atoms with Crippen molar-refractivity contribution in [3.63, 3.8) is 0 Å². The van der Waals surface area contributed by atoms with Crippen molar-refractivity contribution in [2.75, 3.05) is 52.9 Å². The molecule has 2 N–H and O–H groups in total. The summed E-state index contributed by atoms with van der Waals surface area (Å²) in [7, 11) is 0. The number of ether oxygens (including phenoxy) is 4. The molecule has 1 aromatic carbocycles. The third-order valence-electron chi connectivity index (χ3n) is 3.14. The van der Waals surface area contributed by atoms with Crippen LogP contribution in [-0.4, -0.2) is 58.9 Å². The first kappa shape index (κ1) is 20.1. The molecule has 1 aromatic rings. The zero-order chi connectivity index (χ0) is 16.6. The van der Waals surface area contributed by atoms with E-state index in [0.29, 0.717) is 46.2 Å². The van der Waals surface area contributed by atoms with Crippen molar-refractivity contribution in [2.45, 2.75) is 25.8 Å². The van der Waals surface area contributed by atoms with Crippen molar-refractivity contribution >= 4 is 0 Å². The number of nitrogens with two attached hydrogens (primary N) is 1. The van der Waals surface area contributed by atoms with Gasteiger partial charge in [-0.3, -0.25) is 0 Å². The quantitative estimate of drug-likeness (QED) is 0.500. The van der Waals surface area contributed by atoms with Crippen molar-refractivity contribution in [2.24, 2.45) is 5.73 Å². The molecule has 0 aliphatic heterocycles. The highest BCUT2D eigenvalue weighted by Crippen LogP contribution is 2.01. The second-order valence-electron chi connectivity index (χ2n) is 5.36. The average Bonchev–Trinajstić information content (AvgIpc) is 2.57. The Hall–Kier alpha value is -0.980. The largest absolute Gasteiger partial charge is 0.379 e. The summed E-state index contributed by atoms with van der Waals surface area (Å²) < 4.78 is 21.6. The van der Waals surface area contributed by atoms with Crippen molar-refractivity contribution in [1.29, 1.82) is 0 Å². The molecule has 23 heavy (non-hydrogen) atoms. The minimum absolute atomic E-state index is 0.0175. The van der Waals surface area contributed by atoms with Crippen LogP contribution in [0.2, 0.25) is 0 Å². The smallest absolute Gasteiger partial charge is 0.0701 e. The molecule has 0 aliphatic rings. The van der Waals surface area contributed by atoms with Crippen LogP contribution in [0.4, 0.5) is 0 Å². The Bertz CT molecular complexity index is 361. The predicted octanol–water partition coefficient (Wildman–Crippen LogP) is 2.03. The maximum Gasteiger partial charge on any atom is 0.0701 e. The number of hydrogen-bond donors (Lipinski definition) is 1. The fourth-order valence-corrected chi connectivity index (χ4v) is 2.01. The minimum atomic E-state index is 0.0175. The van der Waals surface area contributed by atoms with Crippen molar-refractivity contribution < 1.29 is 18.9 Å². The van der Waals surface area contributed by atoms with E-state index < -0.39 is 0 Å². The highest BCUT2D eigenvalue weighted by atomic mass is 16.6. The molecule has 1 unspecified atom stereocenters. The Morgan fingerprint density at radius 1 is 0.783 bits per heavy atom. The van der Waals surface area contributed by atoms with Gasteiger partial charge in [0, 0.05) is 12.6 Å². The Kier molecular flexibility index (Phi) is 12.7. The normalized spacial score (nSPS) is 12.4. The molecular weight excluding hydrogens is 294 g/mol. The van der Waals surface area contributed by atoms with E-state index in [-0.39, 0.29) is 6.04 Å². The van der Waals surface area contributed by atoms with E-state index in [4.69, 9.17) is 24.7 Å². The summed E-state index contributed by atoms with van der Waals surface area (Å²) in [6, 6.07) is 10.2. The number of hydrogen-bond acceptors (Lipinski definition) is 5. The summed E-state index contributed by atoms with van der Waals surface area (Å²) in [5.41, 5.74) is 7.27. The van der Waals surface area contributed by atoms with Crippen LogP contribution in [0.5, 0.6) is 0 Å². The molecule has 0 fully saturated rings. The number of rotatable bonds is 15. The maximum absolute atomic E-state index is 6.04. The van der Waals surface area contributed by atoms with Gasteiger partial charge >= 0.3 is 0 Å². The zero-order valence-electron chi connectivity index (χ0n) is 14.2. The van der Waals surface area contributed by atoms with E-state index >= 15 is 0 Å². The van der Waals surface area contributed by atoms with Crippen LogP contribution in [-0.2, 0) is 25.4 Å². The lowest BCUT2D eigenvalue weighted by Crippen LogP contribution is -2.29. The molecule has 0 bridgehead atoms. The molecule has 5 heteroatoms. The summed E-state index contributed by atoms with van der Waals surface area (Å²) in [5.74, 6) is 0. The van der Waals surface area contributed by atoms with Crippen LogP contribution in [0.1, 0.15) is 18.9 Å². The van der Waals surface area contributed by atoms with Gasteiger partial charge in [-0.25, -0.2) is 0 Å². The molecule has 0 aliphatic carbocycles. The second kappa shape index (κ2) is 14.6. The van der Waals surface area contributed by atoms with Crippen LogP contribution in [0, 0.1) is 0 Å². The molecule has 0 aromatic heterocycles. The Balaban J connectivity index is 1.82. The standard InChI is InChI=1S/C18H31NO4/c1-2-8-20-9-10-21-11-12-22-13-14-23-16-18(19)15-17-6-4-3-5-7-17/h3-7,18H,2,8-16,19H2,1H3. The van der Waals surface area contributed by atoms with E-state index in [1.807, 2.05) is 18.2 Å². The topological polar surface area (TPSA) is 62.9 Å². The van der Waals surface area contributed by atoms with E-state index in [9.17, 15) is 0 Å². The molecule has 0 heterocycles. The summed E-state index contributed by atoms with van der Waals surface area (Å²) in [4.78, 5) is 0. The SMILES string of the molecule is CCCOCCOCCOCCOCC(N)Cc1ccccc1. The molecule has 1 rings (SSSR count). The average molecular weight is 325 g/mol. The van der Waals surface area contributed by atoms with Crippen LogP contribution in [0.25, 0.3) is 0 Å². The first-order valence-corrected chi connectivity index (χ1v) is 8.43. The van der Waals surface area contributed by atoms with E-state index in [1.165, 1.54) is 5.56 Å². The van der Waals surface area contributed by atoms with Gasteiger partial charge in [-0.05, 0) is 18.4 Å². The second-order valence-corrected chi connectivity index (χ2v) is 5.36. The molecule has 5 nitrogen and oxygen atoms in total. The van der Waals surface area contributed by atoms with Crippen LogP contribution in [0.15, 0.2) is 30.3 Å². The predicted molar refractivity (Wildman–Crippen MR) is 91.7 cm³/mol.